The lowest BCUT2D eigenvalue weighted by molar-refractivity contribution is 0.227. The molecule has 0 aromatic heterocycles. The van der Waals surface area contributed by atoms with Gasteiger partial charge >= 0.3 is 0 Å². The minimum Gasteiger partial charge on any atom is -0.314 e. The predicted molar refractivity (Wildman–Crippen MR) is 68.0 cm³/mol. The lowest BCUT2D eigenvalue weighted by atomic mass is 9.80. The van der Waals surface area contributed by atoms with E-state index in [2.05, 4.69) is 33.0 Å². The maximum absolute atomic E-state index is 3.76. The molecule has 90 valence electrons. The second kappa shape index (κ2) is 6.52. The molecule has 1 fully saturated rings. The van der Waals surface area contributed by atoms with Gasteiger partial charge in [-0.15, -0.1) is 0 Å². The summed E-state index contributed by atoms with van der Waals surface area (Å²) in [4.78, 5) is 0. The first-order valence-electron chi connectivity index (χ1n) is 6.83. The smallest absolute Gasteiger partial charge is 0.00952 e. The van der Waals surface area contributed by atoms with Gasteiger partial charge in [-0.25, -0.2) is 0 Å². The summed E-state index contributed by atoms with van der Waals surface area (Å²) in [6.07, 6.45) is 6.95. The van der Waals surface area contributed by atoms with Crippen molar-refractivity contribution in [1.82, 2.24) is 5.32 Å². The fourth-order valence-corrected chi connectivity index (χ4v) is 2.61. The zero-order valence-electron chi connectivity index (χ0n) is 11.1. The van der Waals surface area contributed by atoms with Crippen LogP contribution in [0.5, 0.6) is 0 Å². The lowest BCUT2D eigenvalue weighted by Gasteiger charge is -2.33. The number of hydrogen-bond donors (Lipinski definition) is 1. The highest BCUT2D eigenvalue weighted by Gasteiger charge is 2.24. The lowest BCUT2D eigenvalue weighted by Crippen LogP contribution is -2.39. The maximum Gasteiger partial charge on any atom is 0.00952 e. The van der Waals surface area contributed by atoms with Crippen molar-refractivity contribution in [1.29, 1.82) is 0 Å². The molecule has 15 heavy (non-hydrogen) atoms. The summed E-state index contributed by atoms with van der Waals surface area (Å²) >= 11 is 0. The summed E-state index contributed by atoms with van der Waals surface area (Å²) in [5.41, 5.74) is 0. The molecule has 1 N–H and O–H groups in total. The molecule has 1 aliphatic carbocycles. The molecule has 0 radical (unpaired) electrons. The average molecular weight is 211 g/mol. The molecule has 0 aromatic carbocycles. The normalized spacial score (nSPS) is 32.2. The van der Waals surface area contributed by atoms with Crippen LogP contribution in [0.3, 0.4) is 0 Å². The second-order valence-electron chi connectivity index (χ2n) is 5.99. The van der Waals surface area contributed by atoms with Gasteiger partial charge in [0.15, 0.2) is 0 Å². The largest absolute Gasteiger partial charge is 0.314 e. The molecule has 0 aliphatic heterocycles. The first-order valence-corrected chi connectivity index (χ1v) is 6.83. The first-order chi connectivity index (χ1) is 7.09. The van der Waals surface area contributed by atoms with Crippen LogP contribution in [0.2, 0.25) is 0 Å². The summed E-state index contributed by atoms with van der Waals surface area (Å²) in [5.74, 6) is 2.68. The molecule has 1 rings (SSSR count). The monoisotopic (exact) mass is 211 g/mol. The van der Waals surface area contributed by atoms with Crippen LogP contribution in [0.1, 0.15) is 59.8 Å². The minimum absolute atomic E-state index is 0.793. The molecule has 0 heterocycles. The van der Waals surface area contributed by atoms with Crippen molar-refractivity contribution in [3.63, 3.8) is 0 Å². The highest BCUT2D eigenvalue weighted by molar-refractivity contribution is 4.81. The molecule has 0 aromatic rings. The van der Waals surface area contributed by atoms with Crippen molar-refractivity contribution >= 4 is 0 Å². The Morgan fingerprint density at radius 3 is 2.60 bits per heavy atom. The highest BCUT2D eigenvalue weighted by Crippen LogP contribution is 2.28. The van der Waals surface area contributed by atoms with E-state index in [-0.39, 0.29) is 0 Å². The number of nitrogens with one attached hydrogen (secondary N) is 1. The van der Waals surface area contributed by atoms with Gasteiger partial charge in [-0.2, -0.15) is 0 Å². The summed E-state index contributed by atoms with van der Waals surface area (Å²) in [6.45, 7) is 10.6. The Kier molecular flexibility index (Phi) is 5.66. The second-order valence-corrected chi connectivity index (χ2v) is 5.99. The maximum atomic E-state index is 3.76. The van der Waals surface area contributed by atoms with Crippen LogP contribution < -0.4 is 5.32 Å². The average Bonchev–Trinajstić information content (AvgIpc) is 2.17. The van der Waals surface area contributed by atoms with Crippen molar-refractivity contribution in [3.05, 3.63) is 0 Å². The number of rotatable bonds is 5. The van der Waals surface area contributed by atoms with E-state index in [1.807, 2.05) is 0 Å². The van der Waals surface area contributed by atoms with E-state index in [4.69, 9.17) is 0 Å². The summed E-state index contributed by atoms with van der Waals surface area (Å²) in [7, 11) is 0. The van der Waals surface area contributed by atoms with Crippen molar-refractivity contribution in [3.8, 4) is 0 Å². The summed E-state index contributed by atoms with van der Waals surface area (Å²) < 4.78 is 0. The molecule has 1 nitrogen and oxygen atoms in total. The van der Waals surface area contributed by atoms with Gasteiger partial charge in [0.25, 0.3) is 0 Å². The van der Waals surface area contributed by atoms with Crippen LogP contribution in [0.4, 0.5) is 0 Å². The molecular weight excluding hydrogens is 182 g/mol. The molecule has 1 aliphatic rings. The first kappa shape index (κ1) is 13.0. The van der Waals surface area contributed by atoms with E-state index in [0.29, 0.717) is 0 Å². The van der Waals surface area contributed by atoms with Crippen molar-refractivity contribution in [2.75, 3.05) is 6.54 Å². The van der Waals surface area contributed by atoms with Gasteiger partial charge in [-0.05, 0) is 50.0 Å². The highest BCUT2D eigenvalue weighted by atomic mass is 14.9. The zero-order chi connectivity index (χ0) is 11.3. The Morgan fingerprint density at radius 1 is 1.20 bits per heavy atom. The predicted octanol–water partition coefficient (Wildman–Crippen LogP) is 3.84. The van der Waals surface area contributed by atoms with Crippen LogP contribution in [-0.2, 0) is 0 Å². The molecule has 1 heteroatoms. The standard InChI is InChI=1S/C14H29N/c1-11(2)6-5-9-15-14-10-12(3)7-8-13(14)4/h11-15H,5-10H2,1-4H3. The third kappa shape index (κ3) is 5.01. The van der Waals surface area contributed by atoms with Crippen LogP contribution in [0, 0.1) is 17.8 Å². The Bertz CT molecular complexity index is 165. The van der Waals surface area contributed by atoms with E-state index in [0.717, 1.165) is 23.8 Å². The Labute approximate surface area is 96.0 Å². The van der Waals surface area contributed by atoms with Crippen LogP contribution >= 0.6 is 0 Å². The van der Waals surface area contributed by atoms with Crippen LogP contribution in [-0.4, -0.2) is 12.6 Å². The van der Waals surface area contributed by atoms with Crippen molar-refractivity contribution < 1.29 is 0 Å². The molecular formula is C14H29N. The zero-order valence-corrected chi connectivity index (χ0v) is 11.1. The Morgan fingerprint density at radius 2 is 1.93 bits per heavy atom. The number of hydrogen-bond acceptors (Lipinski definition) is 1. The van der Waals surface area contributed by atoms with Crippen LogP contribution in [0.25, 0.3) is 0 Å². The molecule has 0 spiro atoms. The molecule has 3 unspecified atom stereocenters. The van der Waals surface area contributed by atoms with Gasteiger partial charge in [0, 0.05) is 6.04 Å². The SMILES string of the molecule is CC(C)CCCNC1CC(C)CCC1C. The fourth-order valence-electron chi connectivity index (χ4n) is 2.61. The van der Waals surface area contributed by atoms with Gasteiger partial charge < -0.3 is 5.32 Å². The van der Waals surface area contributed by atoms with Gasteiger partial charge in [0.2, 0.25) is 0 Å². The topological polar surface area (TPSA) is 12.0 Å². The van der Waals surface area contributed by atoms with E-state index < -0.39 is 0 Å². The quantitative estimate of drug-likeness (QED) is 0.681. The third-order valence-electron chi connectivity index (χ3n) is 3.82. The van der Waals surface area contributed by atoms with E-state index >= 15 is 0 Å². The Hall–Kier alpha value is -0.0400. The van der Waals surface area contributed by atoms with E-state index in [1.165, 1.54) is 38.6 Å². The third-order valence-corrected chi connectivity index (χ3v) is 3.82. The molecule has 1 saturated carbocycles. The molecule has 0 bridgehead atoms. The van der Waals surface area contributed by atoms with Gasteiger partial charge in [0.05, 0.1) is 0 Å². The van der Waals surface area contributed by atoms with Gasteiger partial charge in [-0.3, -0.25) is 0 Å². The fraction of sp³-hybridized carbons (Fsp3) is 1.00. The van der Waals surface area contributed by atoms with Crippen molar-refractivity contribution in [2.45, 2.75) is 65.8 Å². The summed E-state index contributed by atoms with van der Waals surface area (Å²) in [6, 6.07) is 0.793. The van der Waals surface area contributed by atoms with Gasteiger partial charge in [0.1, 0.15) is 0 Å². The van der Waals surface area contributed by atoms with Crippen LogP contribution in [0.15, 0.2) is 0 Å². The van der Waals surface area contributed by atoms with Gasteiger partial charge in [-0.1, -0.05) is 34.1 Å². The van der Waals surface area contributed by atoms with E-state index in [1.54, 1.807) is 0 Å². The molecule has 0 amide bonds. The minimum atomic E-state index is 0.793. The molecule has 3 atom stereocenters. The Balaban J connectivity index is 2.13. The van der Waals surface area contributed by atoms with E-state index in [9.17, 15) is 0 Å². The summed E-state index contributed by atoms with van der Waals surface area (Å²) in [5, 5.41) is 3.76. The van der Waals surface area contributed by atoms with Crippen molar-refractivity contribution in [2.24, 2.45) is 17.8 Å². The molecule has 0 saturated heterocycles.